The normalized spacial score (nSPS) is 14.0. The number of hydrogen-bond donors (Lipinski definition) is 2. The molecule has 30 heavy (non-hydrogen) atoms. The van der Waals surface area contributed by atoms with E-state index in [1.54, 1.807) is 31.4 Å². The quantitative estimate of drug-likeness (QED) is 0.669. The fourth-order valence-electron chi connectivity index (χ4n) is 3.59. The highest BCUT2D eigenvalue weighted by atomic mass is 35.5. The number of methoxy groups -OCH3 is 1. The number of para-hydroxylation sites is 3. The Bertz CT molecular complexity index is 854. The summed E-state index contributed by atoms with van der Waals surface area (Å²) in [6.07, 6.45) is 1.17. The summed E-state index contributed by atoms with van der Waals surface area (Å²) >= 11 is 0. The van der Waals surface area contributed by atoms with Gasteiger partial charge in [-0.05, 0) is 37.2 Å². The molecule has 0 saturated carbocycles. The molecule has 2 amide bonds. The van der Waals surface area contributed by atoms with Crippen LogP contribution in [0.15, 0.2) is 48.5 Å². The lowest BCUT2D eigenvalue weighted by atomic mass is 10.1. The van der Waals surface area contributed by atoms with E-state index in [-0.39, 0.29) is 18.3 Å². The maximum Gasteiger partial charge on any atom is 0.250 e. The van der Waals surface area contributed by atoms with Gasteiger partial charge >= 0.3 is 0 Å². The molecule has 1 heterocycles. The molecule has 0 aromatic heterocycles. The van der Waals surface area contributed by atoms with Crippen molar-refractivity contribution in [2.24, 2.45) is 5.73 Å². The number of hydrogen-bond acceptors (Lipinski definition) is 5. The molecular weight excluding hydrogens is 404 g/mol. The second-order valence-corrected chi connectivity index (χ2v) is 7.06. The Kier molecular flexibility index (Phi) is 8.95. The zero-order valence-electron chi connectivity index (χ0n) is 17.2. The predicted molar refractivity (Wildman–Crippen MR) is 122 cm³/mol. The average molecular weight is 433 g/mol. The molecule has 0 bridgehead atoms. The highest BCUT2D eigenvalue weighted by molar-refractivity contribution is 6.02. The number of primary amides is 1. The van der Waals surface area contributed by atoms with Crippen LogP contribution in [0, 0.1) is 0 Å². The number of ether oxygens (including phenoxy) is 1. The lowest BCUT2D eigenvalue weighted by Gasteiger charge is -2.36. The van der Waals surface area contributed by atoms with Gasteiger partial charge in [-0.15, -0.1) is 12.4 Å². The summed E-state index contributed by atoms with van der Waals surface area (Å²) in [4.78, 5) is 28.4. The SMILES string of the molecule is COc1ccccc1N1CCN(CCCC(=O)Nc2ccccc2C(N)=O)CC1.Cl. The van der Waals surface area contributed by atoms with E-state index in [4.69, 9.17) is 10.5 Å². The number of carbonyl (C=O) groups is 2. The molecule has 0 spiro atoms. The first-order chi connectivity index (χ1) is 14.1. The van der Waals surface area contributed by atoms with Gasteiger partial charge in [0, 0.05) is 32.6 Å². The van der Waals surface area contributed by atoms with E-state index in [0.29, 0.717) is 17.7 Å². The Morgan fingerprint density at radius 2 is 1.70 bits per heavy atom. The first-order valence-electron chi connectivity index (χ1n) is 9.87. The smallest absolute Gasteiger partial charge is 0.250 e. The van der Waals surface area contributed by atoms with Crippen LogP contribution in [0.4, 0.5) is 11.4 Å². The van der Waals surface area contributed by atoms with E-state index in [0.717, 1.165) is 50.6 Å². The number of amides is 2. The second-order valence-electron chi connectivity index (χ2n) is 7.06. The number of piperazine rings is 1. The third-order valence-corrected chi connectivity index (χ3v) is 5.14. The standard InChI is InChI=1S/C22H28N4O3.ClH/c1-29-20-10-5-4-9-19(20)26-15-13-25(14-16-26)12-6-11-21(27)24-18-8-3-2-7-17(18)22(23)28;/h2-5,7-10H,6,11-16H2,1H3,(H2,23,28)(H,24,27);1H. The Balaban J connectivity index is 0.00000320. The Morgan fingerprint density at radius 3 is 2.40 bits per heavy atom. The molecule has 2 aromatic carbocycles. The van der Waals surface area contributed by atoms with Crippen LogP contribution in [0.25, 0.3) is 0 Å². The minimum atomic E-state index is -0.547. The highest BCUT2D eigenvalue weighted by Crippen LogP contribution is 2.28. The van der Waals surface area contributed by atoms with Crippen molar-refractivity contribution in [1.29, 1.82) is 0 Å². The molecule has 0 atom stereocenters. The van der Waals surface area contributed by atoms with Gasteiger partial charge in [-0.1, -0.05) is 24.3 Å². The van der Waals surface area contributed by atoms with E-state index in [9.17, 15) is 9.59 Å². The van der Waals surface area contributed by atoms with Crippen molar-refractivity contribution in [2.75, 3.05) is 50.1 Å². The van der Waals surface area contributed by atoms with Gasteiger partial charge in [0.1, 0.15) is 5.75 Å². The van der Waals surface area contributed by atoms with E-state index in [1.807, 2.05) is 18.2 Å². The minimum Gasteiger partial charge on any atom is -0.495 e. The fourth-order valence-corrected chi connectivity index (χ4v) is 3.59. The fraction of sp³-hybridized carbons (Fsp3) is 0.364. The number of anilines is 2. The number of nitrogens with two attached hydrogens (primary N) is 1. The molecule has 162 valence electrons. The van der Waals surface area contributed by atoms with Gasteiger partial charge in [0.05, 0.1) is 24.0 Å². The molecule has 1 fully saturated rings. The molecule has 1 aliphatic heterocycles. The molecule has 1 aliphatic rings. The number of halogens is 1. The Morgan fingerprint density at radius 1 is 1.03 bits per heavy atom. The predicted octanol–water partition coefficient (Wildman–Crippen LogP) is 2.76. The molecule has 7 nitrogen and oxygen atoms in total. The van der Waals surface area contributed by atoms with Crippen molar-refractivity contribution in [3.05, 3.63) is 54.1 Å². The van der Waals surface area contributed by atoms with Crippen molar-refractivity contribution in [2.45, 2.75) is 12.8 Å². The largest absolute Gasteiger partial charge is 0.495 e. The summed E-state index contributed by atoms with van der Waals surface area (Å²) in [5.41, 5.74) is 7.27. The van der Waals surface area contributed by atoms with Gasteiger partial charge in [-0.25, -0.2) is 0 Å². The molecular formula is C22H29ClN4O3. The number of rotatable bonds is 8. The number of benzene rings is 2. The lowest BCUT2D eigenvalue weighted by Crippen LogP contribution is -2.46. The van der Waals surface area contributed by atoms with Gasteiger partial charge in [0.25, 0.3) is 5.91 Å². The van der Waals surface area contributed by atoms with Gasteiger partial charge in [-0.3, -0.25) is 14.5 Å². The molecule has 8 heteroatoms. The van der Waals surface area contributed by atoms with E-state index in [2.05, 4.69) is 21.2 Å². The van der Waals surface area contributed by atoms with E-state index >= 15 is 0 Å². The van der Waals surface area contributed by atoms with Crippen molar-refractivity contribution < 1.29 is 14.3 Å². The summed E-state index contributed by atoms with van der Waals surface area (Å²) < 4.78 is 5.46. The summed E-state index contributed by atoms with van der Waals surface area (Å²) in [6, 6.07) is 14.9. The monoisotopic (exact) mass is 432 g/mol. The topological polar surface area (TPSA) is 87.9 Å². The van der Waals surface area contributed by atoms with Crippen molar-refractivity contribution >= 4 is 35.6 Å². The minimum absolute atomic E-state index is 0. The van der Waals surface area contributed by atoms with Gasteiger partial charge in [0.15, 0.2) is 0 Å². The maximum atomic E-state index is 12.2. The van der Waals surface area contributed by atoms with Crippen molar-refractivity contribution in [1.82, 2.24) is 4.90 Å². The summed E-state index contributed by atoms with van der Waals surface area (Å²) in [5.74, 6) is 0.244. The molecule has 1 saturated heterocycles. The molecule has 3 rings (SSSR count). The Labute approximate surface area is 183 Å². The summed E-state index contributed by atoms with van der Waals surface area (Å²) in [6.45, 7) is 4.62. The zero-order chi connectivity index (χ0) is 20.6. The lowest BCUT2D eigenvalue weighted by molar-refractivity contribution is -0.116. The number of carbonyl (C=O) groups excluding carboxylic acids is 2. The molecule has 0 radical (unpaired) electrons. The maximum absolute atomic E-state index is 12.2. The first kappa shape index (κ1) is 23.5. The van der Waals surface area contributed by atoms with Crippen LogP contribution in [-0.4, -0.2) is 56.5 Å². The summed E-state index contributed by atoms with van der Waals surface area (Å²) in [7, 11) is 1.70. The third kappa shape index (κ3) is 6.11. The molecule has 0 unspecified atom stereocenters. The van der Waals surface area contributed by atoms with E-state index in [1.165, 1.54) is 0 Å². The summed E-state index contributed by atoms with van der Waals surface area (Å²) in [5, 5.41) is 2.79. The van der Waals surface area contributed by atoms with Gasteiger partial charge in [0.2, 0.25) is 5.91 Å². The third-order valence-electron chi connectivity index (χ3n) is 5.14. The van der Waals surface area contributed by atoms with Crippen LogP contribution in [-0.2, 0) is 4.79 Å². The second kappa shape index (κ2) is 11.4. The number of nitrogens with zero attached hydrogens (tertiary/aromatic N) is 2. The highest BCUT2D eigenvalue weighted by Gasteiger charge is 2.19. The number of nitrogens with one attached hydrogen (secondary N) is 1. The molecule has 3 N–H and O–H groups in total. The molecule has 0 aliphatic carbocycles. The van der Waals surface area contributed by atoms with Crippen LogP contribution in [0.1, 0.15) is 23.2 Å². The zero-order valence-corrected chi connectivity index (χ0v) is 18.0. The molecule has 2 aromatic rings. The van der Waals surface area contributed by atoms with Gasteiger partial charge < -0.3 is 20.7 Å². The van der Waals surface area contributed by atoms with Crippen LogP contribution >= 0.6 is 12.4 Å². The van der Waals surface area contributed by atoms with Crippen molar-refractivity contribution in [3.63, 3.8) is 0 Å². The Hall–Kier alpha value is -2.77. The van der Waals surface area contributed by atoms with Crippen molar-refractivity contribution in [3.8, 4) is 5.75 Å². The van der Waals surface area contributed by atoms with Gasteiger partial charge in [-0.2, -0.15) is 0 Å². The van der Waals surface area contributed by atoms with Crippen LogP contribution < -0.4 is 20.7 Å². The van der Waals surface area contributed by atoms with Crippen LogP contribution in [0.2, 0.25) is 0 Å². The van der Waals surface area contributed by atoms with Crippen LogP contribution in [0.3, 0.4) is 0 Å². The first-order valence-corrected chi connectivity index (χ1v) is 9.87. The van der Waals surface area contributed by atoms with Crippen LogP contribution in [0.5, 0.6) is 5.75 Å². The van der Waals surface area contributed by atoms with E-state index < -0.39 is 5.91 Å². The average Bonchev–Trinajstić information content (AvgIpc) is 2.74.